The van der Waals surface area contributed by atoms with E-state index in [2.05, 4.69) is 9.89 Å². The van der Waals surface area contributed by atoms with E-state index in [9.17, 15) is 12.8 Å². The summed E-state index contributed by atoms with van der Waals surface area (Å²) < 4.78 is 38.9. The zero-order valence-electron chi connectivity index (χ0n) is 14.4. The fourth-order valence-corrected chi connectivity index (χ4v) is 3.77. The fourth-order valence-electron chi connectivity index (χ4n) is 2.61. The molecule has 25 heavy (non-hydrogen) atoms. The van der Waals surface area contributed by atoms with Crippen LogP contribution < -0.4 is 5.73 Å². The second-order valence-electron chi connectivity index (χ2n) is 5.92. The minimum absolute atomic E-state index is 0. The van der Waals surface area contributed by atoms with Gasteiger partial charge in [-0.15, -0.1) is 24.0 Å². The molecule has 1 aromatic carbocycles. The summed E-state index contributed by atoms with van der Waals surface area (Å²) in [6, 6.07) is 4.79. The first kappa shape index (κ1) is 22.1. The summed E-state index contributed by atoms with van der Waals surface area (Å²) in [5, 5.41) is 0. The first-order valence-corrected chi connectivity index (χ1v) is 9.62. The van der Waals surface area contributed by atoms with Gasteiger partial charge >= 0.3 is 0 Å². The summed E-state index contributed by atoms with van der Waals surface area (Å²) in [7, 11) is -2.16. The predicted octanol–water partition coefficient (Wildman–Crippen LogP) is 2.25. The maximum Gasteiger partial charge on any atom is 0.242 e. The van der Waals surface area contributed by atoms with Crippen molar-refractivity contribution in [3.8, 4) is 0 Å². The number of likely N-dealkylation sites (tertiary alicyclic amines) is 1. The summed E-state index contributed by atoms with van der Waals surface area (Å²) in [6.45, 7) is 2.31. The standard InChI is InChI=1S/C16H25FN4O2S.HI/c1-20(24(22,23)15-8-6-14(17)7-9-15)13-10-19-16(18)21-11-4-2-3-5-12-21;/h6-9H,2-5,10-13H2,1H3,(H2,18,19);1H. The molecule has 0 aliphatic carbocycles. The molecule has 9 heteroatoms. The number of guanidine groups is 1. The predicted molar refractivity (Wildman–Crippen MR) is 108 cm³/mol. The molecule has 1 aliphatic rings. The molecule has 0 aromatic heterocycles. The van der Waals surface area contributed by atoms with Crippen molar-refractivity contribution >= 4 is 40.0 Å². The maximum atomic E-state index is 12.9. The third kappa shape index (κ3) is 6.37. The highest BCUT2D eigenvalue weighted by atomic mass is 127. The lowest BCUT2D eigenvalue weighted by atomic mass is 10.2. The summed E-state index contributed by atoms with van der Waals surface area (Å²) in [4.78, 5) is 6.43. The molecule has 2 rings (SSSR count). The van der Waals surface area contributed by atoms with E-state index in [0.717, 1.165) is 38.1 Å². The third-order valence-corrected chi connectivity index (χ3v) is 6.01. The smallest absolute Gasteiger partial charge is 0.242 e. The van der Waals surface area contributed by atoms with Crippen LogP contribution in [-0.4, -0.2) is 56.8 Å². The number of halogens is 2. The van der Waals surface area contributed by atoms with Crippen LogP contribution in [-0.2, 0) is 10.0 Å². The summed E-state index contributed by atoms with van der Waals surface area (Å²) >= 11 is 0. The minimum atomic E-state index is -3.64. The largest absolute Gasteiger partial charge is 0.370 e. The first-order chi connectivity index (χ1) is 11.4. The molecule has 6 nitrogen and oxygen atoms in total. The molecule has 1 heterocycles. The van der Waals surface area contributed by atoms with Crippen LogP contribution in [0.5, 0.6) is 0 Å². The van der Waals surface area contributed by atoms with Crippen LogP contribution in [0.15, 0.2) is 34.2 Å². The van der Waals surface area contributed by atoms with Crippen molar-refractivity contribution in [3.63, 3.8) is 0 Å². The lowest BCUT2D eigenvalue weighted by molar-refractivity contribution is 0.426. The normalized spacial score (nSPS) is 16.4. The highest BCUT2D eigenvalue weighted by molar-refractivity contribution is 14.0. The molecule has 1 aromatic rings. The van der Waals surface area contributed by atoms with Crippen LogP contribution in [0.3, 0.4) is 0 Å². The van der Waals surface area contributed by atoms with E-state index in [-0.39, 0.29) is 35.4 Å². The van der Waals surface area contributed by atoms with Gasteiger partial charge in [0.15, 0.2) is 5.96 Å². The average Bonchev–Trinajstić information content (AvgIpc) is 2.84. The van der Waals surface area contributed by atoms with Gasteiger partial charge in [0, 0.05) is 26.7 Å². The molecule has 0 atom stereocenters. The fraction of sp³-hybridized carbons (Fsp3) is 0.562. The van der Waals surface area contributed by atoms with Crippen LogP contribution in [0.1, 0.15) is 25.7 Å². The van der Waals surface area contributed by atoms with E-state index in [4.69, 9.17) is 5.73 Å². The number of nitrogens with zero attached hydrogens (tertiary/aromatic N) is 3. The second kappa shape index (κ2) is 10.3. The number of sulfonamides is 1. The monoisotopic (exact) mass is 484 g/mol. The van der Waals surface area contributed by atoms with E-state index in [1.54, 1.807) is 0 Å². The van der Waals surface area contributed by atoms with Gasteiger partial charge in [0.1, 0.15) is 5.82 Å². The topological polar surface area (TPSA) is 79.0 Å². The van der Waals surface area contributed by atoms with Crippen molar-refractivity contribution in [1.82, 2.24) is 9.21 Å². The maximum absolute atomic E-state index is 12.9. The summed E-state index contributed by atoms with van der Waals surface area (Å²) in [5.74, 6) is 0.0101. The zero-order chi connectivity index (χ0) is 17.6. The van der Waals surface area contributed by atoms with Crippen LogP contribution >= 0.6 is 24.0 Å². The highest BCUT2D eigenvalue weighted by Gasteiger charge is 2.20. The molecule has 1 saturated heterocycles. The summed E-state index contributed by atoms with van der Waals surface area (Å²) in [6.07, 6.45) is 4.63. The van der Waals surface area contributed by atoms with Gasteiger partial charge < -0.3 is 10.6 Å². The van der Waals surface area contributed by atoms with Gasteiger partial charge in [-0.1, -0.05) is 12.8 Å². The molecule has 0 spiro atoms. The van der Waals surface area contributed by atoms with Crippen molar-refractivity contribution in [2.24, 2.45) is 10.7 Å². The van der Waals surface area contributed by atoms with Crippen molar-refractivity contribution in [1.29, 1.82) is 0 Å². The van der Waals surface area contributed by atoms with Crippen LogP contribution in [0.25, 0.3) is 0 Å². The number of likely N-dealkylation sites (N-methyl/N-ethyl adjacent to an activating group) is 1. The molecule has 0 unspecified atom stereocenters. The Bertz CT molecular complexity index is 659. The van der Waals surface area contributed by atoms with E-state index in [1.165, 1.54) is 36.3 Å². The molecule has 0 saturated carbocycles. The Hall–Kier alpha value is -0.940. The summed E-state index contributed by atoms with van der Waals surface area (Å²) in [5.41, 5.74) is 6.01. The molecule has 1 fully saturated rings. The molecule has 1 aliphatic heterocycles. The SMILES string of the molecule is CN(CCN=C(N)N1CCCCCC1)S(=O)(=O)c1ccc(F)cc1.I. The van der Waals surface area contributed by atoms with Gasteiger partial charge in [-0.2, -0.15) is 4.31 Å². The quantitative estimate of drug-likeness (QED) is 0.395. The van der Waals surface area contributed by atoms with Gasteiger partial charge in [0.25, 0.3) is 0 Å². The number of benzene rings is 1. The van der Waals surface area contributed by atoms with Crippen molar-refractivity contribution in [2.45, 2.75) is 30.6 Å². The third-order valence-electron chi connectivity index (χ3n) is 4.14. The molecular formula is C16H26FIN4O2S. The average molecular weight is 484 g/mol. The Labute approximate surface area is 166 Å². The molecule has 142 valence electrons. The molecule has 0 bridgehead atoms. The van der Waals surface area contributed by atoms with Crippen molar-refractivity contribution in [3.05, 3.63) is 30.1 Å². The van der Waals surface area contributed by atoms with Gasteiger partial charge in [-0.25, -0.2) is 12.8 Å². The lowest BCUT2D eigenvalue weighted by Gasteiger charge is -2.21. The van der Waals surface area contributed by atoms with Gasteiger partial charge in [0.2, 0.25) is 10.0 Å². The molecule has 2 N–H and O–H groups in total. The number of aliphatic imine (C=N–C) groups is 1. The minimum Gasteiger partial charge on any atom is -0.370 e. The van der Waals surface area contributed by atoms with Crippen LogP contribution in [0, 0.1) is 5.82 Å². The number of rotatable bonds is 5. The van der Waals surface area contributed by atoms with Crippen molar-refractivity contribution < 1.29 is 12.8 Å². The van der Waals surface area contributed by atoms with Crippen molar-refractivity contribution in [2.75, 3.05) is 33.2 Å². The van der Waals surface area contributed by atoms with Crippen LogP contribution in [0.2, 0.25) is 0 Å². The van der Waals surface area contributed by atoms with E-state index in [0.29, 0.717) is 12.5 Å². The van der Waals surface area contributed by atoms with Gasteiger partial charge in [-0.05, 0) is 37.1 Å². The Morgan fingerprint density at radius 2 is 1.76 bits per heavy atom. The van der Waals surface area contributed by atoms with E-state index < -0.39 is 15.8 Å². The molecule has 0 radical (unpaired) electrons. The molecule has 0 amide bonds. The second-order valence-corrected chi connectivity index (χ2v) is 7.97. The Kier molecular flexibility index (Phi) is 9.08. The number of hydrogen-bond acceptors (Lipinski definition) is 3. The van der Waals surface area contributed by atoms with Crippen LogP contribution in [0.4, 0.5) is 4.39 Å². The van der Waals surface area contributed by atoms with Gasteiger partial charge in [0.05, 0.1) is 11.4 Å². The Balaban J connectivity index is 0.00000312. The lowest BCUT2D eigenvalue weighted by Crippen LogP contribution is -2.38. The Morgan fingerprint density at radius 3 is 2.32 bits per heavy atom. The number of hydrogen-bond donors (Lipinski definition) is 1. The Morgan fingerprint density at radius 1 is 1.20 bits per heavy atom. The first-order valence-electron chi connectivity index (χ1n) is 8.18. The molecular weight excluding hydrogens is 458 g/mol. The van der Waals surface area contributed by atoms with E-state index >= 15 is 0 Å². The van der Waals surface area contributed by atoms with E-state index in [1.807, 2.05) is 0 Å². The van der Waals surface area contributed by atoms with Gasteiger partial charge in [-0.3, -0.25) is 4.99 Å². The highest BCUT2D eigenvalue weighted by Crippen LogP contribution is 2.14. The zero-order valence-corrected chi connectivity index (χ0v) is 17.5. The number of nitrogens with two attached hydrogens (primary N) is 1.